The second-order valence-corrected chi connectivity index (χ2v) is 10.8. The van der Waals surface area contributed by atoms with Gasteiger partial charge in [0.1, 0.15) is 6.04 Å². The number of benzene rings is 1. The van der Waals surface area contributed by atoms with Gasteiger partial charge in [0.05, 0.1) is 6.61 Å². The number of ether oxygens (including phenoxy) is 1. The van der Waals surface area contributed by atoms with Crippen molar-refractivity contribution in [2.45, 2.75) is 26.3 Å². The predicted molar refractivity (Wildman–Crippen MR) is 155 cm³/mol. The first kappa shape index (κ1) is 27.6. The van der Waals surface area contributed by atoms with Gasteiger partial charge in [-0.1, -0.05) is 49.1 Å². The maximum absolute atomic E-state index is 13.1. The van der Waals surface area contributed by atoms with E-state index in [1.165, 1.54) is 11.1 Å². The zero-order chi connectivity index (χ0) is 28.2. The van der Waals surface area contributed by atoms with Gasteiger partial charge in [-0.3, -0.25) is 14.5 Å². The number of amides is 3. The van der Waals surface area contributed by atoms with Crippen molar-refractivity contribution < 1.29 is 19.1 Å². The third kappa shape index (κ3) is 5.97. The predicted octanol–water partition coefficient (Wildman–Crippen LogP) is 3.76. The summed E-state index contributed by atoms with van der Waals surface area (Å²) < 4.78 is 5.12. The smallest absolute Gasteiger partial charge is 0.409 e. The Morgan fingerprint density at radius 3 is 2.62 bits per heavy atom. The molecule has 8 heteroatoms. The van der Waals surface area contributed by atoms with E-state index in [0.29, 0.717) is 43.8 Å². The first-order valence-corrected chi connectivity index (χ1v) is 14.1. The molecule has 3 amide bonds. The van der Waals surface area contributed by atoms with Crippen molar-refractivity contribution >= 4 is 23.5 Å². The monoisotopic (exact) mass is 542 g/mol. The Bertz CT molecular complexity index is 1290. The lowest BCUT2D eigenvalue weighted by Gasteiger charge is -2.38. The maximum Gasteiger partial charge on any atom is 0.409 e. The molecule has 0 spiro atoms. The Labute approximate surface area is 236 Å². The normalized spacial score (nSPS) is 26.4. The topological polar surface area (TPSA) is 82.2 Å². The summed E-state index contributed by atoms with van der Waals surface area (Å²) in [6.45, 7) is 11.4. The number of fused-ring (bicyclic) bond motifs is 2. The summed E-state index contributed by atoms with van der Waals surface area (Å²) in [5.74, 6) is 0.723. The van der Waals surface area contributed by atoms with E-state index in [-0.39, 0.29) is 18.4 Å². The fraction of sp³-hybridized carbons (Fsp3) is 0.406. The molecule has 3 heterocycles. The van der Waals surface area contributed by atoms with Gasteiger partial charge in [0.2, 0.25) is 11.8 Å². The second-order valence-electron chi connectivity index (χ2n) is 10.8. The summed E-state index contributed by atoms with van der Waals surface area (Å²) in [4.78, 5) is 43.8. The van der Waals surface area contributed by atoms with Crippen molar-refractivity contribution in [3.63, 3.8) is 0 Å². The van der Waals surface area contributed by atoms with E-state index < -0.39 is 12.1 Å². The molecule has 3 unspecified atom stereocenters. The average molecular weight is 543 g/mol. The minimum Gasteiger partial charge on any atom is -0.450 e. The van der Waals surface area contributed by atoms with Gasteiger partial charge in [-0.05, 0) is 66.5 Å². The van der Waals surface area contributed by atoms with Gasteiger partial charge in [0, 0.05) is 51.0 Å². The number of piperazine rings is 1. The molecule has 1 aliphatic carbocycles. The number of allylic oxidation sites excluding steroid dienone is 5. The number of carbonyl (C=O) groups excluding carboxylic acids is 3. The van der Waals surface area contributed by atoms with Crippen LogP contribution in [0.2, 0.25) is 0 Å². The van der Waals surface area contributed by atoms with Crippen LogP contribution in [-0.4, -0.2) is 84.5 Å². The number of hydrogen-bond donors (Lipinski definition) is 1. The fourth-order valence-electron chi connectivity index (χ4n) is 6.06. The lowest BCUT2D eigenvalue weighted by atomic mass is 9.98. The molecule has 40 heavy (non-hydrogen) atoms. The van der Waals surface area contributed by atoms with E-state index >= 15 is 0 Å². The first-order chi connectivity index (χ1) is 19.4. The third-order valence-corrected chi connectivity index (χ3v) is 8.29. The number of carbonyl (C=O) groups is 3. The maximum atomic E-state index is 13.1. The quantitative estimate of drug-likeness (QED) is 0.453. The summed E-state index contributed by atoms with van der Waals surface area (Å²) >= 11 is 0. The molecule has 0 aromatic heterocycles. The van der Waals surface area contributed by atoms with Crippen LogP contribution in [0.5, 0.6) is 0 Å². The van der Waals surface area contributed by atoms with E-state index in [1.54, 1.807) is 17.9 Å². The Balaban J connectivity index is 1.21. The Morgan fingerprint density at radius 1 is 1.10 bits per heavy atom. The molecule has 3 saturated heterocycles. The van der Waals surface area contributed by atoms with Crippen molar-refractivity contribution in [1.82, 2.24) is 20.0 Å². The van der Waals surface area contributed by atoms with Crippen molar-refractivity contribution in [1.29, 1.82) is 0 Å². The largest absolute Gasteiger partial charge is 0.450 e. The summed E-state index contributed by atoms with van der Waals surface area (Å²) in [7, 11) is 0. The number of rotatable bonds is 5. The van der Waals surface area contributed by atoms with Crippen LogP contribution in [-0.2, 0) is 14.3 Å². The van der Waals surface area contributed by atoms with Gasteiger partial charge >= 0.3 is 6.09 Å². The standard InChI is InChI=1S/C32H38N4O4/c1-4-23(11-12-30(37)36-19-27-16-25(17-28(27)20-36)24-9-7-6-8-10-24)15-26-18-34-13-14-35(32(39)40-5-2)21-29(34)31(38)33-22(26)3/h4,6-12,15-16,27-29H,3,5,13-14,17-21H2,1-2H3,(H,33,38)/b12-11+,23-4-,26-15-. The highest BCUT2D eigenvalue weighted by Crippen LogP contribution is 2.41. The lowest BCUT2D eigenvalue weighted by Crippen LogP contribution is -2.58. The zero-order valence-electron chi connectivity index (χ0n) is 23.3. The van der Waals surface area contributed by atoms with E-state index in [4.69, 9.17) is 4.74 Å². The lowest BCUT2D eigenvalue weighted by molar-refractivity contribution is -0.127. The molecule has 0 saturated carbocycles. The van der Waals surface area contributed by atoms with Crippen LogP contribution in [0.4, 0.5) is 4.79 Å². The number of nitrogens with one attached hydrogen (secondary N) is 1. The van der Waals surface area contributed by atoms with Crippen LogP contribution in [0.25, 0.3) is 5.57 Å². The molecule has 1 aromatic rings. The van der Waals surface area contributed by atoms with Crippen LogP contribution in [0.15, 0.2) is 84.1 Å². The summed E-state index contributed by atoms with van der Waals surface area (Å²) in [5.41, 5.74) is 4.95. The molecule has 1 aromatic carbocycles. The molecule has 0 radical (unpaired) electrons. The van der Waals surface area contributed by atoms with E-state index in [0.717, 1.165) is 30.7 Å². The van der Waals surface area contributed by atoms with Gasteiger partial charge in [0.15, 0.2) is 0 Å². The molecule has 8 nitrogen and oxygen atoms in total. The summed E-state index contributed by atoms with van der Waals surface area (Å²) in [5, 5.41) is 2.91. The molecule has 0 bridgehead atoms. The Morgan fingerprint density at radius 2 is 1.90 bits per heavy atom. The highest BCUT2D eigenvalue weighted by molar-refractivity contribution is 5.89. The van der Waals surface area contributed by atoms with E-state index in [1.807, 2.05) is 36.1 Å². The molecule has 1 N–H and O–H groups in total. The van der Waals surface area contributed by atoms with Gasteiger partial charge in [-0.2, -0.15) is 0 Å². The number of hydrogen-bond acceptors (Lipinski definition) is 5. The van der Waals surface area contributed by atoms with Gasteiger partial charge in [-0.25, -0.2) is 4.79 Å². The molecular weight excluding hydrogens is 504 g/mol. The molecule has 5 rings (SSSR count). The van der Waals surface area contributed by atoms with Crippen LogP contribution in [0.3, 0.4) is 0 Å². The molecular formula is C32H38N4O4. The number of nitrogens with zero attached hydrogens (tertiary/aromatic N) is 3. The molecule has 210 valence electrons. The minimum atomic E-state index is -0.474. The Hall–Kier alpha value is -3.91. The average Bonchev–Trinajstić information content (AvgIpc) is 3.52. The summed E-state index contributed by atoms with van der Waals surface area (Å²) in [6.07, 6.45) is 10.4. The Kier molecular flexibility index (Phi) is 8.35. The van der Waals surface area contributed by atoms with Crippen LogP contribution < -0.4 is 5.32 Å². The van der Waals surface area contributed by atoms with Gasteiger partial charge < -0.3 is 19.9 Å². The third-order valence-electron chi connectivity index (χ3n) is 8.29. The molecule has 3 fully saturated rings. The molecule has 3 aliphatic heterocycles. The van der Waals surface area contributed by atoms with Crippen LogP contribution in [0.1, 0.15) is 25.8 Å². The van der Waals surface area contributed by atoms with Gasteiger partial charge in [-0.15, -0.1) is 0 Å². The second kappa shape index (κ2) is 12.1. The van der Waals surface area contributed by atoms with E-state index in [2.05, 4.69) is 47.1 Å². The van der Waals surface area contributed by atoms with Crippen LogP contribution in [0, 0.1) is 11.8 Å². The first-order valence-electron chi connectivity index (χ1n) is 14.1. The SMILES string of the molecule is C=C1NC(=O)C2CN(C(=O)OCC)CCN2C/C1=C/C(=C\C)/C=C/C(=O)N1CC2C=C(c3ccccc3)CC2C1. The van der Waals surface area contributed by atoms with Crippen molar-refractivity contribution in [2.24, 2.45) is 11.8 Å². The highest BCUT2D eigenvalue weighted by Gasteiger charge is 2.39. The highest BCUT2D eigenvalue weighted by atomic mass is 16.6. The molecule has 4 aliphatic rings. The van der Waals surface area contributed by atoms with Crippen molar-refractivity contribution in [3.8, 4) is 0 Å². The molecule has 3 atom stereocenters. The summed E-state index contributed by atoms with van der Waals surface area (Å²) in [6, 6.07) is 10.0. The fourth-order valence-corrected chi connectivity index (χ4v) is 6.06. The van der Waals surface area contributed by atoms with Crippen molar-refractivity contribution in [2.75, 3.05) is 45.9 Å². The van der Waals surface area contributed by atoms with Gasteiger partial charge in [0.25, 0.3) is 0 Å². The minimum absolute atomic E-state index is 0.0185. The van der Waals surface area contributed by atoms with E-state index in [9.17, 15) is 14.4 Å². The zero-order valence-corrected chi connectivity index (χ0v) is 23.3. The van der Waals surface area contributed by atoms with Crippen LogP contribution >= 0.6 is 0 Å². The number of likely N-dealkylation sites (tertiary alicyclic amines) is 1. The van der Waals surface area contributed by atoms with Crippen molar-refractivity contribution in [3.05, 3.63) is 89.7 Å².